The number of sulfonamides is 1. The van der Waals surface area contributed by atoms with E-state index >= 15 is 0 Å². The monoisotopic (exact) mass is 406 g/mol. The maximum atomic E-state index is 12.8. The quantitative estimate of drug-likeness (QED) is 0.803. The molecule has 5 nitrogen and oxygen atoms in total. The highest BCUT2D eigenvalue weighted by Gasteiger charge is 2.27. The maximum absolute atomic E-state index is 12.8. The highest BCUT2D eigenvalue weighted by Crippen LogP contribution is 2.29. The molecule has 1 saturated heterocycles. The average Bonchev–Trinajstić information content (AvgIpc) is 2.62. The lowest BCUT2D eigenvalue weighted by Gasteiger charge is -2.28. The van der Waals surface area contributed by atoms with Gasteiger partial charge in [-0.1, -0.05) is 43.6 Å². The third-order valence-electron chi connectivity index (χ3n) is 4.66. The third-order valence-corrected chi connectivity index (χ3v) is 6.86. The molecule has 27 heavy (non-hydrogen) atoms. The van der Waals surface area contributed by atoms with Gasteiger partial charge in [-0.3, -0.25) is 9.10 Å². The molecule has 2 aromatic rings. The van der Waals surface area contributed by atoms with Gasteiger partial charge in [0.25, 0.3) is 5.91 Å². The van der Waals surface area contributed by atoms with Crippen molar-refractivity contribution in [3.05, 3.63) is 58.6 Å². The number of halogens is 1. The van der Waals surface area contributed by atoms with Crippen LogP contribution in [0.3, 0.4) is 0 Å². The Morgan fingerprint density at radius 3 is 2.59 bits per heavy atom. The number of anilines is 2. The first-order valence-corrected chi connectivity index (χ1v) is 11.0. The van der Waals surface area contributed by atoms with Crippen LogP contribution in [0.25, 0.3) is 0 Å². The minimum absolute atomic E-state index is 0.124. The molecule has 0 atom stereocenters. The topological polar surface area (TPSA) is 66.5 Å². The number of nitrogens with zero attached hydrogens (tertiary/aromatic N) is 1. The first kappa shape index (κ1) is 19.7. The van der Waals surface area contributed by atoms with E-state index in [1.54, 1.807) is 18.2 Å². The minimum Gasteiger partial charge on any atom is -0.322 e. The van der Waals surface area contributed by atoms with E-state index in [1.807, 2.05) is 24.3 Å². The minimum atomic E-state index is -3.35. The molecule has 1 N–H and O–H groups in total. The van der Waals surface area contributed by atoms with Crippen LogP contribution in [0.4, 0.5) is 11.4 Å². The van der Waals surface area contributed by atoms with Gasteiger partial charge in [0.05, 0.1) is 22.0 Å². The molecule has 0 radical (unpaired) electrons. The van der Waals surface area contributed by atoms with E-state index in [0.29, 0.717) is 18.7 Å². The van der Waals surface area contributed by atoms with Crippen molar-refractivity contribution in [2.75, 3.05) is 21.9 Å². The van der Waals surface area contributed by atoms with Gasteiger partial charge < -0.3 is 5.32 Å². The van der Waals surface area contributed by atoms with Gasteiger partial charge in [0.15, 0.2) is 0 Å². The molecule has 0 saturated carbocycles. The molecule has 1 aliphatic heterocycles. The molecule has 1 fully saturated rings. The predicted molar refractivity (Wildman–Crippen MR) is 110 cm³/mol. The summed E-state index contributed by atoms with van der Waals surface area (Å²) in [5.74, 6) is 0.0185. The van der Waals surface area contributed by atoms with Gasteiger partial charge in [-0.15, -0.1) is 0 Å². The maximum Gasteiger partial charge on any atom is 0.257 e. The molecule has 0 spiro atoms. The van der Waals surface area contributed by atoms with Crippen molar-refractivity contribution in [1.82, 2.24) is 0 Å². The van der Waals surface area contributed by atoms with Gasteiger partial charge in [-0.25, -0.2) is 8.42 Å². The zero-order valence-electron chi connectivity index (χ0n) is 15.4. The van der Waals surface area contributed by atoms with Crippen LogP contribution in [0.2, 0.25) is 5.02 Å². The van der Waals surface area contributed by atoms with Crippen molar-refractivity contribution in [1.29, 1.82) is 0 Å². The zero-order chi connectivity index (χ0) is 19.6. The molecule has 144 valence electrons. The average molecular weight is 407 g/mol. The molecule has 7 heteroatoms. The standard InChI is InChI=1S/C20H23ClN2O3S/c1-14(2)16-7-3-4-8-19(16)22-20(24)17-13-15(9-10-18(17)21)23-11-5-6-12-27(23,25)26/h3-4,7-10,13-14H,5-6,11-12H2,1-2H3,(H,22,24). The Kier molecular flexibility index (Phi) is 5.77. The summed E-state index contributed by atoms with van der Waals surface area (Å²) in [5.41, 5.74) is 2.48. The molecule has 1 amide bonds. The molecule has 0 bridgehead atoms. The van der Waals surface area contributed by atoms with Gasteiger partial charge >= 0.3 is 0 Å². The lowest BCUT2D eigenvalue weighted by atomic mass is 10.0. The summed E-state index contributed by atoms with van der Waals surface area (Å²) in [4.78, 5) is 12.8. The first-order chi connectivity index (χ1) is 12.8. The van der Waals surface area contributed by atoms with Crippen molar-refractivity contribution >= 4 is 38.9 Å². The number of rotatable bonds is 4. The Hall–Kier alpha value is -2.05. The number of hydrogen-bond acceptors (Lipinski definition) is 3. The summed E-state index contributed by atoms with van der Waals surface area (Å²) in [6.45, 7) is 4.53. The van der Waals surface area contributed by atoms with E-state index in [4.69, 9.17) is 11.6 Å². The van der Waals surface area contributed by atoms with Crippen molar-refractivity contribution in [2.24, 2.45) is 0 Å². The van der Waals surface area contributed by atoms with Crippen LogP contribution in [-0.4, -0.2) is 26.6 Å². The summed E-state index contributed by atoms with van der Waals surface area (Å²) in [7, 11) is -3.35. The van der Waals surface area contributed by atoms with Crippen LogP contribution in [0.15, 0.2) is 42.5 Å². The molecule has 0 aromatic heterocycles. The fourth-order valence-electron chi connectivity index (χ4n) is 3.23. The van der Waals surface area contributed by atoms with E-state index in [1.165, 1.54) is 4.31 Å². The van der Waals surface area contributed by atoms with Gasteiger partial charge in [0.2, 0.25) is 10.0 Å². The molecule has 2 aromatic carbocycles. The normalized spacial score (nSPS) is 16.4. The zero-order valence-corrected chi connectivity index (χ0v) is 17.0. The number of nitrogens with one attached hydrogen (secondary N) is 1. The van der Waals surface area contributed by atoms with Crippen molar-refractivity contribution in [3.8, 4) is 0 Å². The molecular formula is C20H23ClN2O3S. The summed E-state index contributed by atoms with van der Waals surface area (Å²) < 4.78 is 26.1. The molecule has 1 aliphatic rings. The van der Waals surface area contributed by atoms with Crippen molar-refractivity contribution in [3.63, 3.8) is 0 Å². The van der Waals surface area contributed by atoms with Crippen LogP contribution in [0.1, 0.15) is 48.5 Å². The smallest absolute Gasteiger partial charge is 0.257 e. The summed E-state index contributed by atoms with van der Waals surface area (Å²) in [6, 6.07) is 12.4. The van der Waals surface area contributed by atoms with Crippen LogP contribution in [0.5, 0.6) is 0 Å². The summed E-state index contributed by atoms with van der Waals surface area (Å²) in [6.07, 6.45) is 1.46. The van der Waals surface area contributed by atoms with Gasteiger partial charge in [-0.05, 0) is 48.6 Å². The van der Waals surface area contributed by atoms with Crippen LogP contribution >= 0.6 is 11.6 Å². The Bertz CT molecular complexity index is 957. The van der Waals surface area contributed by atoms with Crippen LogP contribution in [0, 0.1) is 0 Å². The molecule has 0 aliphatic carbocycles. The third kappa shape index (κ3) is 4.28. The van der Waals surface area contributed by atoms with Gasteiger partial charge in [0, 0.05) is 12.2 Å². The number of benzene rings is 2. The number of carbonyl (C=O) groups is 1. The SMILES string of the molecule is CC(C)c1ccccc1NC(=O)c1cc(N2CCCCS2(=O)=O)ccc1Cl. The molecule has 0 unspecified atom stereocenters. The molecule has 3 rings (SSSR count). The molecule has 1 heterocycles. The Morgan fingerprint density at radius 2 is 1.89 bits per heavy atom. The Balaban J connectivity index is 1.92. The fraction of sp³-hybridized carbons (Fsp3) is 0.350. The summed E-state index contributed by atoms with van der Waals surface area (Å²) >= 11 is 6.24. The Morgan fingerprint density at radius 1 is 1.15 bits per heavy atom. The van der Waals surface area contributed by atoms with E-state index < -0.39 is 10.0 Å². The van der Waals surface area contributed by atoms with E-state index in [0.717, 1.165) is 17.7 Å². The van der Waals surface area contributed by atoms with Crippen molar-refractivity contribution in [2.45, 2.75) is 32.6 Å². The fourth-order valence-corrected chi connectivity index (χ4v) is 5.06. The number of carbonyl (C=O) groups excluding carboxylic acids is 1. The largest absolute Gasteiger partial charge is 0.322 e. The second kappa shape index (κ2) is 7.90. The predicted octanol–water partition coefficient (Wildman–Crippen LogP) is 4.65. The number of para-hydroxylation sites is 1. The highest BCUT2D eigenvalue weighted by atomic mass is 35.5. The van der Waals surface area contributed by atoms with Gasteiger partial charge in [-0.2, -0.15) is 0 Å². The van der Waals surface area contributed by atoms with Crippen LogP contribution in [-0.2, 0) is 10.0 Å². The number of amides is 1. The lowest BCUT2D eigenvalue weighted by Crippen LogP contribution is -2.38. The highest BCUT2D eigenvalue weighted by molar-refractivity contribution is 7.92. The second-order valence-electron chi connectivity index (χ2n) is 6.96. The van der Waals surface area contributed by atoms with Gasteiger partial charge in [0.1, 0.15) is 0 Å². The second-order valence-corrected chi connectivity index (χ2v) is 9.38. The molecular weight excluding hydrogens is 384 g/mol. The Labute approximate surface area is 165 Å². The van der Waals surface area contributed by atoms with Crippen molar-refractivity contribution < 1.29 is 13.2 Å². The van der Waals surface area contributed by atoms with Crippen LogP contribution < -0.4 is 9.62 Å². The number of hydrogen-bond donors (Lipinski definition) is 1. The first-order valence-electron chi connectivity index (χ1n) is 9.00. The van der Waals surface area contributed by atoms with E-state index in [9.17, 15) is 13.2 Å². The van der Waals surface area contributed by atoms with E-state index in [2.05, 4.69) is 19.2 Å². The summed E-state index contributed by atoms with van der Waals surface area (Å²) in [5, 5.41) is 3.19. The van der Waals surface area contributed by atoms with E-state index in [-0.39, 0.29) is 28.2 Å². The lowest BCUT2D eigenvalue weighted by molar-refractivity contribution is 0.102.